The largest absolute Gasteiger partial charge is 0.508 e. The molecule has 0 unspecified atom stereocenters. The molecule has 5 aromatic rings. The van der Waals surface area contributed by atoms with Gasteiger partial charge in [-0.3, -0.25) is 9.59 Å². The van der Waals surface area contributed by atoms with Gasteiger partial charge in [0.1, 0.15) is 23.0 Å². The molecule has 0 saturated heterocycles. The molecule has 4 N–H and O–H groups in total. The number of aryl methyl sites for hydroxylation is 4. The van der Waals surface area contributed by atoms with Gasteiger partial charge in [-0.15, -0.1) is 0 Å². The van der Waals surface area contributed by atoms with Gasteiger partial charge in [0.25, 0.3) is 0 Å². The van der Waals surface area contributed by atoms with Crippen LogP contribution in [0.1, 0.15) is 101 Å². The van der Waals surface area contributed by atoms with Crippen LogP contribution < -0.4 is 15.4 Å². The SMILES string of the molecule is Cc1cc(C)c(C(C)(C)CC(=O)Nc2ccc3c(c2)Oc2cc(NC(=O)CC(C)(C)c4c(C)cc(C)cc4O)ccc2C32OC(=O)c3ccccc32)c(O)c1. The third-order valence-electron chi connectivity index (χ3n) is 10.8. The number of phenols is 2. The molecule has 9 heteroatoms. The van der Waals surface area contributed by atoms with Crippen molar-refractivity contribution in [1.82, 2.24) is 0 Å². The van der Waals surface area contributed by atoms with Crippen LogP contribution in [0.15, 0.2) is 84.9 Å². The van der Waals surface area contributed by atoms with Gasteiger partial charge in [0, 0.05) is 75.0 Å². The molecule has 55 heavy (non-hydrogen) atoms. The first-order valence-corrected chi connectivity index (χ1v) is 18.4. The maximum atomic E-state index is 13.5. The smallest absolute Gasteiger partial charge is 0.340 e. The number of amides is 2. The number of anilines is 2. The minimum atomic E-state index is -1.34. The zero-order valence-electron chi connectivity index (χ0n) is 32.4. The van der Waals surface area contributed by atoms with Gasteiger partial charge in [-0.05, 0) is 92.4 Å². The van der Waals surface area contributed by atoms with Crippen molar-refractivity contribution in [3.8, 4) is 23.0 Å². The summed E-state index contributed by atoms with van der Waals surface area (Å²) in [5.74, 6) is 0.0791. The van der Waals surface area contributed by atoms with E-state index in [1.54, 1.807) is 60.7 Å². The number of hydrogen-bond donors (Lipinski definition) is 4. The lowest BCUT2D eigenvalue weighted by Gasteiger charge is -2.37. The second-order valence-electron chi connectivity index (χ2n) is 16.3. The van der Waals surface area contributed by atoms with Crippen LogP contribution in [0.2, 0.25) is 0 Å². The molecule has 0 radical (unpaired) electrons. The predicted molar refractivity (Wildman–Crippen MR) is 212 cm³/mol. The highest BCUT2D eigenvalue weighted by Gasteiger charge is 2.53. The Morgan fingerprint density at radius 2 is 1.09 bits per heavy atom. The quantitative estimate of drug-likeness (QED) is 0.117. The van der Waals surface area contributed by atoms with Crippen LogP contribution in [0.3, 0.4) is 0 Å². The van der Waals surface area contributed by atoms with E-state index in [0.29, 0.717) is 45.1 Å². The molecule has 0 aliphatic carbocycles. The summed E-state index contributed by atoms with van der Waals surface area (Å²) in [6.45, 7) is 15.4. The maximum Gasteiger partial charge on any atom is 0.340 e. The highest BCUT2D eigenvalue weighted by molar-refractivity contribution is 5.98. The number of benzene rings is 5. The van der Waals surface area contributed by atoms with Gasteiger partial charge in [-0.25, -0.2) is 4.79 Å². The number of hydrogen-bond acceptors (Lipinski definition) is 7. The van der Waals surface area contributed by atoms with Gasteiger partial charge < -0.3 is 30.3 Å². The number of fused-ring (bicyclic) bond motifs is 6. The molecule has 0 atom stereocenters. The van der Waals surface area contributed by atoms with Crippen molar-refractivity contribution in [2.45, 2.75) is 84.7 Å². The van der Waals surface area contributed by atoms with E-state index in [4.69, 9.17) is 9.47 Å². The van der Waals surface area contributed by atoms with Crippen molar-refractivity contribution < 1.29 is 34.1 Å². The normalized spacial score (nSPS) is 14.0. The monoisotopic (exact) mass is 738 g/mol. The molecule has 0 bridgehead atoms. The lowest BCUT2D eigenvalue weighted by Crippen LogP contribution is -2.33. The summed E-state index contributed by atoms with van der Waals surface area (Å²) in [5, 5.41) is 27.6. The second kappa shape index (κ2) is 13.3. The van der Waals surface area contributed by atoms with Crippen LogP contribution in [-0.4, -0.2) is 28.0 Å². The molecule has 2 aliphatic rings. The standard InChI is InChI=1S/C46H46N2O7/c1-25-17-27(3)41(35(49)19-25)44(5,6)23-39(51)47-29-13-15-33-37(21-29)54-38-22-30(14-16-34(38)46(33)32-12-10-9-11-31(32)43(53)55-46)48-40(52)24-45(7,8)42-28(4)18-26(2)20-36(42)50/h9-22,49-50H,23-24H2,1-8H3,(H,47,51)(H,48,52). The summed E-state index contributed by atoms with van der Waals surface area (Å²) in [6.07, 6.45) is 0.201. The number of esters is 1. The lowest BCUT2D eigenvalue weighted by atomic mass is 9.77. The summed E-state index contributed by atoms with van der Waals surface area (Å²) >= 11 is 0. The molecule has 2 aliphatic heterocycles. The Bertz CT molecular complexity index is 2240. The molecular weight excluding hydrogens is 693 g/mol. The highest BCUT2D eigenvalue weighted by Crippen LogP contribution is 2.57. The van der Waals surface area contributed by atoms with Crippen molar-refractivity contribution in [3.05, 3.63) is 141 Å². The Morgan fingerprint density at radius 1 is 0.636 bits per heavy atom. The van der Waals surface area contributed by atoms with Gasteiger partial charge in [-0.1, -0.05) is 58.0 Å². The second-order valence-corrected chi connectivity index (χ2v) is 16.3. The Hall–Kier alpha value is -6.09. The average molecular weight is 739 g/mol. The fourth-order valence-electron chi connectivity index (χ4n) is 8.87. The maximum absolute atomic E-state index is 13.5. The number of phenolic OH excluding ortho intramolecular Hbond substituents is 2. The first-order chi connectivity index (χ1) is 25.9. The Labute approximate surface area is 321 Å². The number of aromatic hydroxyl groups is 2. The molecule has 282 valence electrons. The zero-order chi connectivity index (χ0) is 39.6. The summed E-state index contributed by atoms with van der Waals surface area (Å²) < 4.78 is 12.8. The van der Waals surface area contributed by atoms with E-state index < -0.39 is 22.4 Å². The van der Waals surface area contributed by atoms with Crippen molar-refractivity contribution in [3.63, 3.8) is 0 Å². The molecule has 2 heterocycles. The Balaban J connectivity index is 1.20. The average Bonchev–Trinajstić information content (AvgIpc) is 3.35. The van der Waals surface area contributed by atoms with Crippen LogP contribution in [0, 0.1) is 27.7 Å². The van der Waals surface area contributed by atoms with Crippen molar-refractivity contribution in [2.24, 2.45) is 0 Å². The number of nitrogens with one attached hydrogen (secondary N) is 2. The van der Waals surface area contributed by atoms with Crippen molar-refractivity contribution >= 4 is 29.2 Å². The first kappa shape index (κ1) is 37.2. The summed E-state index contributed by atoms with van der Waals surface area (Å²) in [5.41, 5.74) is 5.67. The van der Waals surface area contributed by atoms with Gasteiger partial charge >= 0.3 is 5.97 Å². The molecule has 0 aromatic heterocycles. The van der Waals surface area contributed by atoms with E-state index in [1.165, 1.54) is 0 Å². The van der Waals surface area contributed by atoms with Crippen LogP contribution >= 0.6 is 0 Å². The van der Waals surface area contributed by atoms with Gasteiger partial charge in [0.05, 0.1) is 5.56 Å². The molecule has 5 aromatic carbocycles. The molecule has 9 nitrogen and oxygen atoms in total. The van der Waals surface area contributed by atoms with Gasteiger partial charge in [0.15, 0.2) is 5.60 Å². The molecule has 7 rings (SSSR count). The molecule has 1 spiro atoms. The minimum Gasteiger partial charge on any atom is -0.508 e. The van der Waals surface area contributed by atoms with E-state index in [-0.39, 0.29) is 36.2 Å². The van der Waals surface area contributed by atoms with Crippen molar-refractivity contribution in [2.75, 3.05) is 10.6 Å². The van der Waals surface area contributed by atoms with E-state index in [0.717, 1.165) is 33.4 Å². The zero-order valence-corrected chi connectivity index (χ0v) is 32.4. The fraction of sp³-hybridized carbons (Fsp3) is 0.283. The van der Waals surface area contributed by atoms with Gasteiger partial charge in [0.2, 0.25) is 11.8 Å². The molecule has 0 fully saturated rings. The molecule has 0 saturated carbocycles. The lowest BCUT2D eigenvalue weighted by molar-refractivity contribution is -0.118. The Kier molecular flexibility index (Phi) is 9.03. The third kappa shape index (κ3) is 6.58. The number of ether oxygens (including phenoxy) is 2. The third-order valence-corrected chi connectivity index (χ3v) is 10.8. The van der Waals surface area contributed by atoms with E-state index in [2.05, 4.69) is 10.6 Å². The Morgan fingerprint density at radius 3 is 1.55 bits per heavy atom. The summed E-state index contributed by atoms with van der Waals surface area (Å²) in [6, 6.07) is 25.2. The fourth-order valence-corrected chi connectivity index (χ4v) is 8.87. The van der Waals surface area contributed by atoms with E-state index in [9.17, 15) is 24.6 Å². The van der Waals surface area contributed by atoms with Crippen LogP contribution in [-0.2, 0) is 30.8 Å². The van der Waals surface area contributed by atoms with Crippen LogP contribution in [0.25, 0.3) is 0 Å². The van der Waals surface area contributed by atoms with Crippen LogP contribution in [0.4, 0.5) is 11.4 Å². The summed E-state index contributed by atoms with van der Waals surface area (Å²) in [7, 11) is 0. The van der Waals surface area contributed by atoms with Crippen LogP contribution in [0.5, 0.6) is 23.0 Å². The van der Waals surface area contributed by atoms with E-state index in [1.807, 2.05) is 79.7 Å². The van der Waals surface area contributed by atoms with Gasteiger partial charge in [-0.2, -0.15) is 0 Å². The highest BCUT2D eigenvalue weighted by atomic mass is 16.6. The summed E-state index contributed by atoms with van der Waals surface area (Å²) in [4.78, 5) is 40.5. The number of carbonyl (C=O) groups is 3. The number of carbonyl (C=O) groups excluding carboxylic acids is 3. The predicted octanol–water partition coefficient (Wildman–Crippen LogP) is 9.51. The minimum absolute atomic E-state index is 0.100. The number of rotatable bonds is 8. The molecule has 2 amide bonds. The topological polar surface area (TPSA) is 134 Å². The van der Waals surface area contributed by atoms with E-state index >= 15 is 0 Å². The van der Waals surface area contributed by atoms with Crippen molar-refractivity contribution in [1.29, 1.82) is 0 Å². The molecular formula is C46H46N2O7. The first-order valence-electron chi connectivity index (χ1n) is 18.4.